The number of quaternary nitrogens is 2. The van der Waals surface area contributed by atoms with Crippen molar-refractivity contribution in [1.29, 1.82) is 0 Å². The molecular formula is C18H32N2O+2. The summed E-state index contributed by atoms with van der Waals surface area (Å²) in [6, 6.07) is 8.74. The van der Waals surface area contributed by atoms with Crippen LogP contribution in [0.15, 0.2) is 24.3 Å². The first-order valence-corrected chi connectivity index (χ1v) is 8.64. The number of rotatable bonds is 8. The maximum absolute atomic E-state index is 5.80. The minimum Gasteiger partial charge on any atom is -0.494 e. The Morgan fingerprint density at radius 3 is 2.33 bits per heavy atom. The zero-order chi connectivity index (χ0) is 14.9. The number of piperazine rings is 1. The topological polar surface area (TPSA) is 18.1 Å². The highest BCUT2D eigenvalue weighted by Crippen LogP contribution is 2.12. The lowest BCUT2D eigenvalue weighted by molar-refractivity contribution is -1.01. The van der Waals surface area contributed by atoms with Gasteiger partial charge in [0.15, 0.2) is 0 Å². The van der Waals surface area contributed by atoms with Gasteiger partial charge in [0.05, 0.1) is 13.7 Å². The zero-order valence-electron chi connectivity index (χ0n) is 13.8. The van der Waals surface area contributed by atoms with Gasteiger partial charge in [0.25, 0.3) is 0 Å². The number of benzene rings is 1. The van der Waals surface area contributed by atoms with Crippen molar-refractivity contribution in [2.75, 3.05) is 39.8 Å². The van der Waals surface area contributed by atoms with E-state index in [1.54, 1.807) is 9.80 Å². The fourth-order valence-corrected chi connectivity index (χ4v) is 2.92. The number of unbranched alkanes of at least 4 members (excludes halogenated alkanes) is 3. The number of ether oxygens (including phenoxy) is 1. The molecule has 0 bridgehead atoms. The Hall–Kier alpha value is -1.06. The first-order chi connectivity index (χ1) is 10.3. The maximum atomic E-state index is 5.80. The molecule has 0 aromatic heterocycles. The van der Waals surface area contributed by atoms with E-state index in [9.17, 15) is 0 Å². The third kappa shape index (κ3) is 6.06. The van der Waals surface area contributed by atoms with Gasteiger partial charge in [-0.1, -0.05) is 26.2 Å². The Bertz CT molecular complexity index is 383. The predicted molar refractivity (Wildman–Crippen MR) is 87.1 cm³/mol. The summed E-state index contributed by atoms with van der Waals surface area (Å²) in [6.07, 6.45) is 5.05. The van der Waals surface area contributed by atoms with E-state index in [-0.39, 0.29) is 0 Å². The summed E-state index contributed by atoms with van der Waals surface area (Å²) in [4.78, 5) is 3.39. The second-order valence-electron chi connectivity index (χ2n) is 6.44. The third-order valence-electron chi connectivity index (χ3n) is 4.45. The van der Waals surface area contributed by atoms with Crippen LogP contribution in [0.3, 0.4) is 0 Å². The van der Waals surface area contributed by atoms with Crippen LogP contribution in [0.4, 0.5) is 0 Å². The van der Waals surface area contributed by atoms with E-state index >= 15 is 0 Å². The van der Waals surface area contributed by atoms with E-state index in [0.29, 0.717) is 0 Å². The molecule has 1 saturated heterocycles. The van der Waals surface area contributed by atoms with E-state index in [1.165, 1.54) is 57.4 Å². The molecule has 1 heterocycles. The van der Waals surface area contributed by atoms with Crippen LogP contribution in [0.5, 0.6) is 5.75 Å². The Balaban J connectivity index is 1.69. The van der Waals surface area contributed by atoms with Gasteiger partial charge in [-0.2, -0.15) is 0 Å². The van der Waals surface area contributed by atoms with Gasteiger partial charge in [-0.25, -0.2) is 0 Å². The molecule has 0 unspecified atom stereocenters. The summed E-state index contributed by atoms with van der Waals surface area (Å²) in [6.45, 7) is 9.44. The Morgan fingerprint density at radius 2 is 1.67 bits per heavy atom. The molecule has 0 radical (unpaired) electrons. The number of hydrogen-bond acceptors (Lipinski definition) is 1. The van der Waals surface area contributed by atoms with Crippen LogP contribution in [0.1, 0.15) is 38.2 Å². The standard InChI is InChI=1S/C18H30N2O/c1-3-4-5-6-15-21-18-9-7-17(8-10-18)16-20-13-11-19(2)12-14-20/h7-10H,3-6,11-16H2,1-2H3/p+2. The highest BCUT2D eigenvalue weighted by atomic mass is 16.5. The Kier molecular flexibility index (Phi) is 7.04. The Labute approximate surface area is 129 Å². The number of hydrogen-bond donors (Lipinski definition) is 2. The average molecular weight is 292 g/mol. The Morgan fingerprint density at radius 1 is 0.952 bits per heavy atom. The van der Waals surface area contributed by atoms with Gasteiger partial charge in [0.1, 0.15) is 38.5 Å². The summed E-state index contributed by atoms with van der Waals surface area (Å²) in [5, 5.41) is 0. The largest absolute Gasteiger partial charge is 0.494 e. The molecule has 2 rings (SSSR count). The molecule has 0 atom stereocenters. The first-order valence-electron chi connectivity index (χ1n) is 8.64. The molecule has 0 saturated carbocycles. The van der Waals surface area contributed by atoms with E-state index in [4.69, 9.17) is 4.74 Å². The number of nitrogens with one attached hydrogen (secondary N) is 2. The van der Waals surface area contributed by atoms with Gasteiger partial charge >= 0.3 is 0 Å². The lowest BCUT2D eigenvalue weighted by Gasteiger charge is -2.27. The van der Waals surface area contributed by atoms with Crippen LogP contribution < -0.4 is 14.5 Å². The van der Waals surface area contributed by atoms with Crippen molar-refractivity contribution in [1.82, 2.24) is 0 Å². The summed E-state index contributed by atoms with van der Waals surface area (Å²) in [5.74, 6) is 1.02. The molecule has 1 aliphatic rings. The SMILES string of the molecule is CCCCCCOc1ccc(C[NH+]2CC[NH+](C)CC2)cc1. The van der Waals surface area contributed by atoms with Crippen molar-refractivity contribution in [3.8, 4) is 5.75 Å². The van der Waals surface area contributed by atoms with E-state index in [1.807, 2.05) is 0 Å². The normalized spacial score (nSPS) is 22.2. The molecule has 118 valence electrons. The molecule has 2 N–H and O–H groups in total. The monoisotopic (exact) mass is 292 g/mol. The molecule has 1 fully saturated rings. The first kappa shape index (κ1) is 16.3. The molecule has 0 spiro atoms. The molecular weight excluding hydrogens is 260 g/mol. The quantitative estimate of drug-likeness (QED) is 0.670. The van der Waals surface area contributed by atoms with Crippen LogP contribution in [0.2, 0.25) is 0 Å². The van der Waals surface area contributed by atoms with E-state index in [2.05, 4.69) is 38.2 Å². The average Bonchev–Trinajstić information content (AvgIpc) is 2.51. The van der Waals surface area contributed by atoms with Gasteiger partial charge in [-0.3, -0.25) is 0 Å². The van der Waals surface area contributed by atoms with E-state index < -0.39 is 0 Å². The molecule has 3 nitrogen and oxygen atoms in total. The van der Waals surface area contributed by atoms with Crippen LogP contribution in [0.25, 0.3) is 0 Å². The van der Waals surface area contributed by atoms with Crippen LogP contribution in [0, 0.1) is 0 Å². The highest BCUT2D eigenvalue weighted by Gasteiger charge is 2.19. The summed E-state index contributed by atoms with van der Waals surface area (Å²) in [5.41, 5.74) is 1.43. The van der Waals surface area contributed by atoms with Gasteiger partial charge in [-0.05, 0) is 30.7 Å². The van der Waals surface area contributed by atoms with Gasteiger partial charge in [-0.15, -0.1) is 0 Å². The fourth-order valence-electron chi connectivity index (χ4n) is 2.92. The van der Waals surface area contributed by atoms with Crippen LogP contribution >= 0.6 is 0 Å². The third-order valence-corrected chi connectivity index (χ3v) is 4.45. The zero-order valence-corrected chi connectivity index (χ0v) is 13.8. The highest BCUT2D eigenvalue weighted by molar-refractivity contribution is 5.26. The van der Waals surface area contributed by atoms with Crippen molar-refractivity contribution in [2.45, 2.75) is 39.2 Å². The smallest absolute Gasteiger partial charge is 0.127 e. The summed E-state index contributed by atoms with van der Waals surface area (Å²) in [7, 11) is 2.30. The second-order valence-corrected chi connectivity index (χ2v) is 6.44. The van der Waals surface area contributed by atoms with Crippen molar-refractivity contribution >= 4 is 0 Å². The van der Waals surface area contributed by atoms with Crippen molar-refractivity contribution < 1.29 is 14.5 Å². The molecule has 0 amide bonds. The van der Waals surface area contributed by atoms with Crippen LogP contribution in [-0.2, 0) is 6.54 Å². The maximum Gasteiger partial charge on any atom is 0.127 e. The molecule has 1 aliphatic heterocycles. The minimum atomic E-state index is 0.853. The molecule has 3 heteroatoms. The lowest BCUT2D eigenvalue weighted by atomic mass is 10.2. The van der Waals surface area contributed by atoms with Crippen LogP contribution in [-0.4, -0.2) is 39.8 Å². The van der Waals surface area contributed by atoms with E-state index in [0.717, 1.165) is 18.9 Å². The van der Waals surface area contributed by atoms with Crippen molar-refractivity contribution in [3.63, 3.8) is 0 Å². The molecule has 1 aromatic carbocycles. The predicted octanol–water partition coefficient (Wildman–Crippen LogP) is 0.559. The lowest BCUT2D eigenvalue weighted by Crippen LogP contribution is -3.26. The summed E-state index contributed by atoms with van der Waals surface area (Å²) < 4.78 is 5.80. The minimum absolute atomic E-state index is 0.853. The molecule has 0 aliphatic carbocycles. The fraction of sp³-hybridized carbons (Fsp3) is 0.667. The van der Waals surface area contributed by atoms with Gasteiger partial charge in [0, 0.05) is 5.56 Å². The van der Waals surface area contributed by atoms with Crippen molar-refractivity contribution in [2.24, 2.45) is 0 Å². The summed E-state index contributed by atoms with van der Waals surface area (Å²) >= 11 is 0. The van der Waals surface area contributed by atoms with Gasteiger partial charge < -0.3 is 14.5 Å². The van der Waals surface area contributed by atoms with Crippen molar-refractivity contribution in [3.05, 3.63) is 29.8 Å². The van der Waals surface area contributed by atoms with Gasteiger partial charge in [0.2, 0.25) is 0 Å². The molecule has 1 aromatic rings. The molecule has 21 heavy (non-hydrogen) atoms. The second kappa shape index (κ2) is 9.06. The number of likely N-dealkylation sites (N-methyl/N-ethyl adjacent to an activating group) is 1.